The van der Waals surface area contributed by atoms with E-state index < -0.39 is 0 Å². The van der Waals surface area contributed by atoms with Crippen LogP contribution >= 0.6 is 0 Å². The lowest BCUT2D eigenvalue weighted by atomic mass is 10.1. The van der Waals surface area contributed by atoms with Crippen LogP contribution in [0.3, 0.4) is 0 Å². The molecule has 0 saturated carbocycles. The maximum absolute atomic E-state index is 12.9. The van der Waals surface area contributed by atoms with Crippen LogP contribution in [0, 0.1) is 24.7 Å². The lowest BCUT2D eigenvalue weighted by Crippen LogP contribution is -1.86. The smallest absolute Gasteiger partial charge is 0.139 e. The van der Waals surface area contributed by atoms with Gasteiger partial charge < -0.3 is 5.73 Å². The lowest BCUT2D eigenvalue weighted by molar-refractivity contribution is 0.623. The Hall–Kier alpha value is -1.49. The molecular weight excluding hydrogens is 141 g/mol. The van der Waals surface area contributed by atoms with Crippen LogP contribution in [0.4, 0.5) is 4.39 Å². The summed E-state index contributed by atoms with van der Waals surface area (Å²) in [6.07, 6.45) is 0. The van der Waals surface area contributed by atoms with E-state index in [0.29, 0.717) is 5.56 Å². The first-order valence-electron chi connectivity index (χ1n) is 3.22. The van der Waals surface area contributed by atoms with Crippen LogP contribution in [0.15, 0.2) is 18.2 Å². The topological polar surface area (TPSA) is 26.0 Å². The molecule has 1 aromatic rings. The first-order valence-corrected chi connectivity index (χ1v) is 3.22. The highest BCUT2D eigenvalue weighted by Crippen LogP contribution is 2.07. The van der Waals surface area contributed by atoms with Gasteiger partial charge in [-0.25, -0.2) is 4.39 Å². The molecule has 0 radical (unpaired) electrons. The Morgan fingerprint density at radius 2 is 2.18 bits per heavy atom. The SMILES string of the molecule is Cc1ccc(C#CN)c(F)c1. The summed E-state index contributed by atoms with van der Waals surface area (Å²) in [6, 6.07) is 6.99. The van der Waals surface area contributed by atoms with E-state index in [1.807, 2.05) is 6.92 Å². The van der Waals surface area contributed by atoms with Crippen LogP contribution in [0.1, 0.15) is 11.1 Å². The van der Waals surface area contributed by atoms with Gasteiger partial charge in [0.1, 0.15) is 5.82 Å². The Labute approximate surface area is 65.0 Å². The molecule has 0 amide bonds. The molecule has 1 aromatic carbocycles. The van der Waals surface area contributed by atoms with Crippen LogP contribution in [0.5, 0.6) is 0 Å². The normalized spacial score (nSPS) is 8.55. The van der Waals surface area contributed by atoms with Crippen LogP contribution in [0.2, 0.25) is 0 Å². The van der Waals surface area contributed by atoms with Crippen LogP contribution in [-0.2, 0) is 0 Å². The van der Waals surface area contributed by atoms with Crippen molar-refractivity contribution in [2.24, 2.45) is 5.73 Å². The molecule has 2 heteroatoms. The number of nitrogens with two attached hydrogens (primary N) is 1. The van der Waals surface area contributed by atoms with Gasteiger partial charge in [-0.3, -0.25) is 0 Å². The molecule has 0 unspecified atom stereocenters. The molecule has 0 aliphatic heterocycles. The molecule has 0 fully saturated rings. The minimum absolute atomic E-state index is 0.317. The van der Waals surface area contributed by atoms with E-state index in [9.17, 15) is 4.39 Å². The van der Waals surface area contributed by atoms with Gasteiger partial charge in [-0.05, 0) is 30.5 Å². The average Bonchev–Trinajstić information content (AvgIpc) is 1.95. The zero-order chi connectivity index (χ0) is 8.27. The summed E-state index contributed by atoms with van der Waals surface area (Å²) >= 11 is 0. The average molecular weight is 149 g/mol. The second-order valence-electron chi connectivity index (χ2n) is 2.25. The number of hydrogen-bond donors (Lipinski definition) is 1. The Morgan fingerprint density at radius 1 is 1.45 bits per heavy atom. The van der Waals surface area contributed by atoms with Crippen molar-refractivity contribution >= 4 is 0 Å². The minimum Gasteiger partial charge on any atom is -0.359 e. The number of benzene rings is 1. The van der Waals surface area contributed by atoms with Gasteiger partial charge in [0.2, 0.25) is 0 Å². The third kappa shape index (κ3) is 1.71. The first-order chi connectivity index (χ1) is 5.24. The van der Waals surface area contributed by atoms with E-state index in [4.69, 9.17) is 5.73 Å². The van der Waals surface area contributed by atoms with Crippen molar-refractivity contribution in [2.75, 3.05) is 0 Å². The molecule has 0 aliphatic carbocycles. The molecule has 0 spiro atoms. The van der Waals surface area contributed by atoms with Crippen molar-refractivity contribution < 1.29 is 4.39 Å². The Bertz CT molecular complexity index is 320. The van der Waals surface area contributed by atoms with E-state index in [0.717, 1.165) is 5.56 Å². The predicted molar refractivity (Wildman–Crippen MR) is 42.2 cm³/mol. The van der Waals surface area contributed by atoms with Gasteiger partial charge >= 0.3 is 0 Å². The molecule has 0 heterocycles. The zero-order valence-corrected chi connectivity index (χ0v) is 6.19. The Kier molecular flexibility index (Phi) is 2.12. The number of aryl methyl sites for hydroxylation is 1. The van der Waals surface area contributed by atoms with E-state index >= 15 is 0 Å². The second-order valence-corrected chi connectivity index (χ2v) is 2.25. The van der Waals surface area contributed by atoms with Gasteiger partial charge in [0, 0.05) is 6.04 Å². The fourth-order valence-corrected chi connectivity index (χ4v) is 0.799. The second kappa shape index (κ2) is 3.07. The van der Waals surface area contributed by atoms with E-state index in [-0.39, 0.29) is 5.82 Å². The third-order valence-electron chi connectivity index (χ3n) is 1.33. The fraction of sp³-hybridized carbons (Fsp3) is 0.111. The number of rotatable bonds is 0. The third-order valence-corrected chi connectivity index (χ3v) is 1.33. The van der Waals surface area contributed by atoms with Gasteiger partial charge in [0.05, 0.1) is 5.56 Å². The van der Waals surface area contributed by atoms with Crippen LogP contribution in [-0.4, -0.2) is 0 Å². The summed E-state index contributed by atoms with van der Waals surface area (Å²) in [5.74, 6) is 2.14. The monoisotopic (exact) mass is 149 g/mol. The van der Waals surface area contributed by atoms with Gasteiger partial charge in [0.15, 0.2) is 0 Å². The van der Waals surface area contributed by atoms with E-state index in [1.165, 1.54) is 6.07 Å². The van der Waals surface area contributed by atoms with Gasteiger partial charge in [-0.15, -0.1) is 0 Å². The van der Waals surface area contributed by atoms with Gasteiger partial charge in [0.25, 0.3) is 0 Å². The molecule has 0 bridgehead atoms. The Balaban J connectivity index is 3.16. The van der Waals surface area contributed by atoms with Crippen LogP contribution in [0.25, 0.3) is 0 Å². The quantitative estimate of drug-likeness (QED) is 0.438. The van der Waals surface area contributed by atoms with Crippen molar-refractivity contribution in [1.29, 1.82) is 0 Å². The highest BCUT2D eigenvalue weighted by Gasteiger charge is 1.96. The zero-order valence-electron chi connectivity index (χ0n) is 6.19. The highest BCUT2D eigenvalue weighted by molar-refractivity contribution is 5.36. The van der Waals surface area contributed by atoms with E-state index in [2.05, 4.69) is 12.0 Å². The Morgan fingerprint density at radius 3 is 2.73 bits per heavy atom. The largest absolute Gasteiger partial charge is 0.359 e. The molecule has 0 atom stereocenters. The summed E-state index contributed by atoms with van der Waals surface area (Å²) in [5, 5.41) is 0. The van der Waals surface area contributed by atoms with Crippen molar-refractivity contribution in [1.82, 2.24) is 0 Å². The van der Waals surface area contributed by atoms with Crippen molar-refractivity contribution in [3.63, 3.8) is 0 Å². The predicted octanol–water partition coefficient (Wildman–Crippen LogP) is 1.40. The summed E-state index contributed by atoms with van der Waals surface area (Å²) < 4.78 is 12.9. The molecule has 1 rings (SSSR count). The van der Waals surface area contributed by atoms with Gasteiger partial charge in [-0.2, -0.15) is 0 Å². The summed E-state index contributed by atoms with van der Waals surface area (Å²) in [6.45, 7) is 1.82. The number of halogens is 1. The molecule has 1 nitrogen and oxygen atoms in total. The van der Waals surface area contributed by atoms with Gasteiger partial charge in [-0.1, -0.05) is 6.07 Å². The molecule has 56 valence electrons. The molecule has 2 N–H and O–H groups in total. The summed E-state index contributed by atoms with van der Waals surface area (Å²) in [4.78, 5) is 0. The lowest BCUT2D eigenvalue weighted by Gasteiger charge is -1.94. The molecule has 11 heavy (non-hydrogen) atoms. The summed E-state index contributed by atoms with van der Waals surface area (Å²) in [7, 11) is 0. The molecule has 0 aliphatic rings. The standard InChI is InChI=1S/C9H8FN/c1-7-2-3-8(4-5-11)9(10)6-7/h2-3,6H,11H2,1H3. The first kappa shape index (κ1) is 7.62. The number of hydrogen-bond acceptors (Lipinski definition) is 1. The van der Waals surface area contributed by atoms with Crippen molar-refractivity contribution in [2.45, 2.75) is 6.92 Å². The van der Waals surface area contributed by atoms with Crippen LogP contribution < -0.4 is 5.73 Å². The highest BCUT2D eigenvalue weighted by atomic mass is 19.1. The van der Waals surface area contributed by atoms with Crippen molar-refractivity contribution in [3.8, 4) is 12.0 Å². The molecule has 0 aromatic heterocycles. The molecular formula is C9H8FN. The summed E-state index contributed by atoms with van der Waals surface area (Å²) in [5.41, 5.74) is 6.16. The van der Waals surface area contributed by atoms with Crippen molar-refractivity contribution in [3.05, 3.63) is 35.1 Å². The maximum atomic E-state index is 12.9. The minimum atomic E-state index is -0.317. The molecule has 0 saturated heterocycles. The van der Waals surface area contributed by atoms with E-state index in [1.54, 1.807) is 12.1 Å². The maximum Gasteiger partial charge on any atom is 0.139 e. The fourth-order valence-electron chi connectivity index (χ4n) is 0.799.